The number of aromatic nitrogens is 3. The van der Waals surface area contributed by atoms with Crippen LogP contribution in [0.2, 0.25) is 0 Å². The number of hydrogen-bond donors (Lipinski definition) is 0. The van der Waals surface area contributed by atoms with Gasteiger partial charge < -0.3 is 9.40 Å². The van der Waals surface area contributed by atoms with Gasteiger partial charge in [-0.25, -0.2) is 4.98 Å². The van der Waals surface area contributed by atoms with Gasteiger partial charge in [-0.15, -0.1) is 53.6 Å². The molecule has 6 heteroatoms. The molecule has 3 heterocycles. The van der Waals surface area contributed by atoms with Gasteiger partial charge >= 0.3 is 0 Å². The van der Waals surface area contributed by atoms with Crippen molar-refractivity contribution in [2.75, 3.05) is 0 Å². The van der Waals surface area contributed by atoms with Crippen molar-refractivity contribution in [2.24, 2.45) is 0 Å². The molecule has 3 aromatic heterocycles. The molecule has 5 nitrogen and oxygen atoms in total. The molecule has 7 aromatic rings. The summed E-state index contributed by atoms with van der Waals surface area (Å²) in [5.74, 6) is 0. The molecular formula is C41H36IrN4O-2. The average Bonchev–Trinajstić information content (AvgIpc) is 3.47. The molecule has 0 aliphatic carbocycles. The molecule has 0 N–H and O–H groups in total. The Hall–Kier alpha value is -4.69. The van der Waals surface area contributed by atoms with Crippen molar-refractivity contribution >= 4 is 32.7 Å². The van der Waals surface area contributed by atoms with Crippen LogP contribution >= 0.6 is 0 Å². The molecule has 0 fully saturated rings. The number of benzene rings is 4. The minimum absolute atomic E-state index is 0. The molecule has 0 amide bonds. The first-order valence-electron chi connectivity index (χ1n) is 16.7. The summed E-state index contributed by atoms with van der Waals surface area (Å²) in [6, 6.07) is 33.1. The third kappa shape index (κ3) is 6.88. The minimum Gasteiger partial charge on any atom is -0.500 e. The maximum atomic E-state index is 9.24. The van der Waals surface area contributed by atoms with E-state index in [0.29, 0.717) is 38.8 Å². The van der Waals surface area contributed by atoms with Crippen LogP contribution in [0, 0.1) is 30.3 Å². The second kappa shape index (κ2) is 13.2. The Kier molecular flexibility index (Phi) is 8.34. The summed E-state index contributed by atoms with van der Waals surface area (Å²) in [6.07, 6.45) is 3.46. The second-order valence-electron chi connectivity index (χ2n) is 13.4. The van der Waals surface area contributed by atoms with Gasteiger partial charge in [-0.3, -0.25) is 4.98 Å². The Balaban J connectivity index is 0.000000241. The van der Waals surface area contributed by atoms with Crippen LogP contribution in [0.1, 0.15) is 68.0 Å². The van der Waals surface area contributed by atoms with E-state index in [1.807, 2.05) is 54.7 Å². The molecule has 0 bridgehead atoms. The molecule has 0 spiro atoms. The van der Waals surface area contributed by atoms with Crippen LogP contribution in [0.25, 0.3) is 55.2 Å². The summed E-state index contributed by atoms with van der Waals surface area (Å²) >= 11 is 0. The van der Waals surface area contributed by atoms with Crippen molar-refractivity contribution < 1.29 is 28.6 Å². The molecule has 7 rings (SSSR count). The van der Waals surface area contributed by atoms with Crippen LogP contribution in [0.5, 0.6) is 0 Å². The summed E-state index contributed by atoms with van der Waals surface area (Å²) in [4.78, 5) is 13.3. The first-order valence-corrected chi connectivity index (χ1v) is 15.2. The Morgan fingerprint density at radius 1 is 0.809 bits per heavy atom. The largest absolute Gasteiger partial charge is 0.500 e. The quantitative estimate of drug-likeness (QED) is 0.163. The van der Waals surface area contributed by atoms with E-state index in [1.165, 1.54) is 18.0 Å². The van der Waals surface area contributed by atoms with Crippen molar-refractivity contribution in [3.8, 4) is 28.6 Å². The Bertz CT molecular complexity index is 2350. The van der Waals surface area contributed by atoms with Crippen LogP contribution in [0.4, 0.5) is 0 Å². The van der Waals surface area contributed by atoms with Gasteiger partial charge in [0.25, 0.3) is 0 Å². The Morgan fingerprint density at radius 2 is 1.62 bits per heavy atom. The summed E-state index contributed by atoms with van der Waals surface area (Å²) < 4.78 is 30.6. The number of furan rings is 1. The van der Waals surface area contributed by atoms with Crippen LogP contribution < -0.4 is 0 Å². The van der Waals surface area contributed by atoms with Crippen molar-refractivity contribution in [1.29, 1.82) is 5.26 Å². The SMILES string of the molecule is CC(C)(C)c1ccc(-c2[c-]cccc2)nc1.[2H]C([2H])([2H])c1c[c-]c(-c2cc(C(C)(C)C)ncn2)c2oc3c4ccc(C#N)cc4ccc3c12.[Ir]. The first kappa shape index (κ1) is 29.7. The van der Waals surface area contributed by atoms with Crippen LogP contribution in [0.15, 0.2) is 95.8 Å². The Morgan fingerprint density at radius 3 is 2.28 bits per heavy atom. The molecule has 0 saturated heterocycles. The fourth-order valence-electron chi connectivity index (χ4n) is 5.32. The van der Waals surface area contributed by atoms with Crippen LogP contribution in [0.3, 0.4) is 0 Å². The number of rotatable bonds is 2. The molecule has 237 valence electrons. The number of pyridine rings is 1. The zero-order valence-corrected chi connectivity index (χ0v) is 29.6. The van der Waals surface area contributed by atoms with Crippen molar-refractivity contribution in [1.82, 2.24) is 15.0 Å². The zero-order chi connectivity index (χ0) is 35.1. The number of aryl methyl sites for hydroxylation is 1. The smallest absolute Gasteiger partial charge is 0.128 e. The normalized spacial score (nSPS) is 12.7. The zero-order valence-electron chi connectivity index (χ0n) is 30.2. The molecule has 0 aliphatic rings. The first-order chi connectivity index (χ1) is 23.1. The third-order valence-electron chi connectivity index (χ3n) is 7.96. The Labute approximate surface area is 294 Å². The van der Waals surface area contributed by atoms with Crippen molar-refractivity contribution in [2.45, 2.75) is 59.2 Å². The molecule has 1 radical (unpaired) electrons. The molecule has 0 saturated carbocycles. The maximum absolute atomic E-state index is 9.24. The predicted octanol–water partition coefficient (Wildman–Crippen LogP) is 10.3. The van der Waals surface area contributed by atoms with E-state index in [-0.39, 0.29) is 36.5 Å². The third-order valence-corrected chi connectivity index (χ3v) is 7.96. The van der Waals surface area contributed by atoms with E-state index < -0.39 is 6.85 Å². The molecule has 47 heavy (non-hydrogen) atoms. The minimum atomic E-state index is -2.34. The van der Waals surface area contributed by atoms with E-state index >= 15 is 0 Å². The number of nitrogens with zero attached hydrogens (tertiary/aromatic N) is 4. The standard InChI is InChI=1S/C26H20N3O.C15H16N.Ir/c1-15-5-8-19(21-12-22(26(2,3)4)29-14-28-21)25-23(15)20-10-7-17-11-16(13-27)6-9-18(17)24(20)30-25;1-15(2,3)13-9-10-14(16-11-13)12-7-5-4-6-8-12;/h5-7,9-12,14H,1-4H3;4-7,9-11H,1-3H3;/q2*-1;/i1D3;;. The summed E-state index contributed by atoms with van der Waals surface area (Å²) in [7, 11) is 0. The summed E-state index contributed by atoms with van der Waals surface area (Å²) in [6.45, 7) is 10.4. The van der Waals surface area contributed by atoms with Gasteiger partial charge in [-0.05, 0) is 46.0 Å². The summed E-state index contributed by atoms with van der Waals surface area (Å²) in [5, 5.41) is 12.1. The maximum Gasteiger partial charge on any atom is 0.128 e. The van der Waals surface area contributed by atoms with Crippen LogP contribution in [-0.4, -0.2) is 15.0 Å². The average molecular weight is 796 g/mol. The number of fused-ring (bicyclic) bond motifs is 5. The molecule has 0 atom stereocenters. The molecule has 0 unspecified atom stereocenters. The van der Waals surface area contributed by atoms with Gasteiger partial charge in [-0.2, -0.15) is 5.26 Å². The van der Waals surface area contributed by atoms with Gasteiger partial charge in [0.15, 0.2) is 0 Å². The predicted molar refractivity (Wildman–Crippen MR) is 186 cm³/mol. The molecular weight excluding hydrogens is 757 g/mol. The fourth-order valence-corrected chi connectivity index (χ4v) is 5.32. The monoisotopic (exact) mass is 796 g/mol. The van der Waals surface area contributed by atoms with Crippen LogP contribution in [-0.2, 0) is 30.9 Å². The van der Waals surface area contributed by atoms with E-state index in [9.17, 15) is 5.26 Å². The van der Waals surface area contributed by atoms with Crippen molar-refractivity contribution in [3.63, 3.8) is 0 Å². The second-order valence-corrected chi connectivity index (χ2v) is 13.4. The molecule has 4 aromatic carbocycles. The van der Waals surface area contributed by atoms with Gasteiger partial charge in [0.1, 0.15) is 11.9 Å². The molecule has 0 aliphatic heterocycles. The number of hydrogen-bond acceptors (Lipinski definition) is 5. The van der Waals surface area contributed by atoms with Gasteiger partial charge in [0.05, 0.1) is 17.2 Å². The van der Waals surface area contributed by atoms with E-state index in [0.717, 1.165) is 27.7 Å². The van der Waals surface area contributed by atoms with Gasteiger partial charge in [0, 0.05) is 52.3 Å². The van der Waals surface area contributed by atoms with E-state index in [4.69, 9.17) is 8.53 Å². The number of nitriles is 1. The topological polar surface area (TPSA) is 75.6 Å². The fraction of sp³-hybridized carbons (Fsp3) is 0.220. The van der Waals surface area contributed by atoms with Gasteiger partial charge in [0.2, 0.25) is 0 Å². The summed E-state index contributed by atoms with van der Waals surface area (Å²) in [5.41, 5.74) is 7.05. The van der Waals surface area contributed by atoms with Crippen molar-refractivity contribution in [3.05, 3.63) is 126 Å². The van der Waals surface area contributed by atoms with E-state index in [1.54, 1.807) is 12.1 Å². The van der Waals surface area contributed by atoms with Gasteiger partial charge in [-0.1, -0.05) is 89.7 Å². The van der Waals surface area contributed by atoms with E-state index in [2.05, 4.69) is 86.8 Å².